The van der Waals surface area contributed by atoms with Gasteiger partial charge < -0.3 is 10.1 Å². The number of carbonyl (C=O) groups is 2. The molecule has 0 saturated carbocycles. The molecule has 1 aliphatic heterocycles. The highest BCUT2D eigenvalue weighted by molar-refractivity contribution is 6.07. The summed E-state index contributed by atoms with van der Waals surface area (Å²) in [7, 11) is 0. The van der Waals surface area contributed by atoms with Crippen LogP contribution in [-0.4, -0.2) is 27.1 Å². The fourth-order valence-electron chi connectivity index (χ4n) is 3.34. The van der Waals surface area contributed by atoms with Crippen molar-refractivity contribution in [2.24, 2.45) is 0 Å². The third-order valence-corrected chi connectivity index (χ3v) is 4.59. The number of rotatable bonds is 3. The summed E-state index contributed by atoms with van der Waals surface area (Å²) in [4.78, 5) is 25.3. The van der Waals surface area contributed by atoms with E-state index in [0.717, 1.165) is 11.4 Å². The monoisotopic (exact) mass is 375 g/mol. The normalized spacial score (nSPS) is 14.9. The summed E-state index contributed by atoms with van der Waals surface area (Å²) in [5.41, 5.74) is 1.94. The number of para-hydroxylation sites is 1. The number of Topliss-reactive ketones (excluding diaryl/α,β-unsaturated/α-hetero) is 1. The number of benzene rings is 2. The maximum Gasteiger partial charge on any atom is 0.256 e. The molecular formula is C22H21N3O3. The van der Waals surface area contributed by atoms with Gasteiger partial charge in [-0.1, -0.05) is 18.2 Å². The number of ether oxygens (including phenoxy) is 1. The summed E-state index contributed by atoms with van der Waals surface area (Å²) in [6.07, 6.45) is 0.283. The Morgan fingerprint density at radius 2 is 1.89 bits per heavy atom. The molecule has 6 heteroatoms. The molecule has 0 spiro atoms. The lowest BCUT2D eigenvalue weighted by Crippen LogP contribution is -2.36. The van der Waals surface area contributed by atoms with Gasteiger partial charge >= 0.3 is 0 Å². The molecule has 0 bridgehead atoms. The van der Waals surface area contributed by atoms with Crippen LogP contribution in [0.3, 0.4) is 0 Å². The topological polar surface area (TPSA) is 73.2 Å². The predicted molar refractivity (Wildman–Crippen MR) is 106 cm³/mol. The second kappa shape index (κ2) is 6.64. The molecule has 0 aliphatic carbocycles. The Labute approximate surface area is 163 Å². The second-order valence-electron chi connectivity index (χ2n) is 7.55. The van der Waals surface area contributed by atoms with Gasteiger partial charge in [-0.15, -0.1) is 0 Å². The number of ketones is 1. The van der Waals surface area contributed by atoms with E-state index < -0.39 is 5.60 Å². The molecule has 3 aromatic rings. The van der Waals surface area contributed by atoms with E-state index in [9.17, 15) is 9.59 Å². The second-order valence-corrected chi connectivity index (χ2v) is 7.55. The van der Waals surface area contributed by atoms with E-state index in [1.165, 1.54) is 0 Å². The van der Waals surface area contributed by atoms with Crippen LogP contribution in [0.2, 0.25) is 0 Å². The summed E-state index contributed by atoms with van der Waals surface area (Å²) in [5, 5.41) is 7.35. The number of hydrogen-bond donors (Lipinski definition) is 1. The van der Waals surface area contributed by atoms with Crippen molar-refractivity contribution in [1.82, 2.24) is 9.78 Å². The number of anilines is 1. The van der Waals surface area contributed by atoms with Crippen LogP contribution in [-0.2, 0) is 0 Å². The van der Waals surface area contributed by atoms with Crippen molar-refractivity contribution in [3.63, 3.8) is 0 Å². The van der Waals surface area contributed by atoms with Crippen LogP contribution in [0.5, 0.6) is 5.75 Å². The van der Waals surface area contributed by atoms with Crippen LogP contribution in [0, 0.1) is 6.92 Å². The highest BCUT2D eigenvalue weighted by Gasteiger charge is 2.32. The van der Waals surface area contributed by atoms with Gasteiger partial charge in [0.1, 0.15) is 17.2 Å². The van der Waals surface area contributed by atoms with Crippen molar-refractivity contribution >= 4 is 17.5 Å². The van der Waals surface area contributed by atoms with E-state index >= 15 is 0 Å². The van der Waals surface area contributed by atoms with Crippen molar-refractivity contribution in [3.8, 4) is 11.4 Å². The van der Waals surface area contributed by atoms with Crippen LogP contribution in [0.4, 0.5) is 5.82 Å². The Bertz CT molecular complexity index is 1070. The molecule has 1 N–H and O–H groups in total. The maximum absolute atomic E-state index is 12.8. The molecule has 0 atom stereocenters. The van der Waals surface area contributed by atoms with Crippen molar-refractivity contribution in [2.45, 2.75) is 32.8 Å². The average Bonchev–Trinajstić information content (AvgIpc) is 3.01. The van der Waals surface area contributed by atoms with Gasteiger partial charge in [0, 0.05) is 11.6 Å². The fourth-order valence-corrected chi connectivity index (χ4v) is 3.34. The van der Waals surface area contributed by atoms with Crippen LogP contribution < -0.4 is 10.1 Å². The summed E-state index contributed by atoms with van der Waals surface area (Å²) < 4.78 is 7.54. The number of fused-ring (bicyclic) bond motifs is 1. The number of hydrogen-bond acceptors (Lipinski definition) is 4. The van der Waals surface area contributed by atoms with E-state index in [1.54, 1.807) is 28.9 Å². The van der Waals surface area contributed by atoms with Crippen molar-refractivity contribution < 1.29 is 14.3 Å². The van der Waals surface area contributed by atoms with Crippen molar-refractivity contribution in [1.29, 1.82) is 0 Å². The first-order valence-corrected chi connectivity index (χ1v) is 9.12. The number of carbonyl (C=O) groups excluding carboxylic acids is 2. The molecule has 0 saturated heterocycles. The van der Waals surface area contributed by atoms with Gasteiger partial charge in [-0.25, -0.2) is 4.68 Å². The predicted octanol–water partition coefficient (Wildman–Crippen LogP) is 4.18. The molecule has 2 heterocycles. The quantitative estimate of drug-likeness (QED) is 0.745. The summed E-state index contributed by atoms with van der Waals surface area (Å²) in [6, 6.07) is 16.3. The molecule has 2 aromatic carbocycles. The Morgan fingerprint density at radius 1 is 1.14 bits per heavy atom. The van der Waals surface area contributed by atoms with Crippen molar-refractivity contribution in [2.75, 3.05) is 5.32 Å². The van der Waals surface area contributed by atoms with Crippen LogP contribution in [0.1, 0.15) is 46.7 Å². The first kappa shape index (κ1) is 18.0. The molecule has 142 valence electrons. The Kier molecular flexibility index (Phi) is 4.26. The van der Waals surface area contributed by atoms with E-state index in [4.69, 9.17) is 4.74 Å². The number of aromatic nitrogens is 2. The molecule has 0 radical (unpaired) electrons. The zero-order chi connectivity index (χ0) is 19.9. The first-order chi connectivity index (χ1) is 13.3. The van der Waals surface area contributed by atoms with E-state index in [0.29, 0.717) is 22.7 Å². The molecule has 1 aliphatic rings. The molecule has 1 aromatic heterocycles. The van der Waals surface area contributed by atoms with Gasteiger partial charge in [-0.3, -0.25) is 9.59 Å². The molecule has 0 unspecified atom stereocenters. The van der Waals surface area contributed by atoms with Crippen LogP contribution in [0.15, 0.2) is 54.6 Å². The highest BCUT2D eigenvalue weighted by Crippen LogP contribution is 2.33. The number of nitrogens with zero attached hydrogens (tertiary/aromatic N) is 2. The standard InChI is InChI=1S/C22H21N3O3/c1-14-11-20(25(24-14)16-7-5-4-6-8-16)23-21(27)15-9-10-19-17(12-15)18(26)13-22(2,3)28-19/h4-12H,13H2,1-3H3,(H,23,27). The summed E-state index contributed by atoms with van der Waals surface area (Å²) in [6.45, 7) is 5.62. The third-order valence-electron chi connectivity index (χ3n) is 4.59. The summed E-state index contributed by atoms with van der Waals surface area (Å²) >= 11 is 0. The highest BCUT2D eigenvalue weighted by atomic mass is 16.5. The van der Waals surface area contributed by atoms with E-state index in [1.807, 2.05) is 51.1 Å². The minimum absolute atomic E-state index is 0.0222. The molecular weight excluding hydrogens is 354 g/mol. The number of aryl methyl sites for hydroxylation is 1. The lowest BCUT2D eigenvalue weighted by molar-refractivity contribution is 0.0620. The van der Waals surface area contributed by atoms with Gasteiger partial charge in [0.15, 0.2) is 5.78 Å². The molecule has 28 heavy (non-hydrogen) atoms. The van der Waals surface area contributed by atoms with Gasteiger partial charge in [-0.2, -0.15) is 5.10 Å². The Morgan fingerprint density at radius 3 is 2.64 bits per heavy atom. The summed E-state index contributed by atoms with van der Waals surface area (Å²) in [5.74, 6) is 0.752. The molecule has 4 rings (SSSR count). The maximum atomic E-state index is 12.8. The van der Waals surface area contributed by atoms with Crippen LogP contribution in [0.25, 0.3) is 5.69 Å². The number of amides is 1. The zero-order valence-corrected chi connectivity index (χ0v) is 16.0. The van der Waals surface area contributed by atoms with Crippen LogP contribution >= 0.6 is 0 Å². The minimum atomic E-state index is -0.534. The fraction of sp³-hybridized carbons (Fsp3) is 0.227. The average molecular weight is 375 g/mol. The zero-order valence-electron chi connectivity index (χ0n) is 16.0. The van der Waals surface area contributed by atoms with Gasteiger partial charge in [-0.05, 0) is 51.1 Å². The smallest absolute Gasteiger partial charge is 0.256 e. The number of nitrogens with one attached hydrogen (secondary N) is 1. The Balaban J connectivity index is 1.63. The van der Waals surface area contributed by atoms with Crippen molar-refractivity contribution in [3.05, 3.63) is 71.4 Å². The first-order valence-electron chi connectivity index (χ1n) is 9.12. The minimum Gasteiger partial charge on any atom is -0.487 e. The third kappa shape index (κ3) is 3.41. The van der Waals surface area contributed by atoms with Gasteiger partial charge in [0.2, 0.25) is 0 Å². The molecule has 1 amide bonds. The molecule has 6 nitrogen and oxygen atoms in total. The van der Waals surface area contributed by atoms with E-state index in [-0.39, 0.29) is 18.1 Å². The largest absolute Gasteiger partial charge is 0.487 e. The van der Waals surface area contributed by atoms with Gasteiger partial charge in [0.25, 0.3) is 5.91 Å². The van der Waals surface area contributed by atoms with Gasteiger partial charge in [0.05, 0.1) is 23.4 Å². The molecule has 0 fully saturated rings. The Hall–Kier alpha value is -3.41. The lowest BCUT2D eigenvalue weighted by Gasteiger charge is -2.31. The lowest BCUT2D eigenvalue weighted by atomic mass is 9.92. The SMILES string of the molecule is Cc1cc(NC(=O)c2ccc3c(c2)C(=O)CC(C)(C)O3)n(-c2ccccc2)n1. The van der Waals surface area contributed by atoms with E-state index in [2.05, 4.69) is 10.4 Å².